The lowest BCUT2D eigenvalue weighted by atomic mass is 10.1. The SMILES string of the molecule is CCc1nnc(C)cc1C(=O)Nc1cccc(O)c1. The minimum absolute atomic E-state index is 0.109. The molecule has 98 valence electrons. The van der Waals surface area contributed by atoms with Crippen LogP contribution in [-0.4, -0.2) is 21.2 Å². The Balaban J connectivity index is 2.27. The number of nitrogens with one attached hydrogen (secondary N) is 1. The highest BCUT2D eigenvalue weighted by Crippen LogP contribution is 2.17. The van der Waals surface area contributed by atoms with Crippen molar-refractivity contribution in [3.8, 4) is 5.75 Å². The lowest BCUT2D eigenvalue weighted by Crippen LogP contribution is -2.16. The van der Waals surface area contributed by atoms with E-state index in [0.717, 1.165) is 0 Å². The molecule has 2 rings (SSSR count). The average Bonchev–Trinajstić information content (AvgIpc) is 2.38. The summed E-state index contributed by atoms with van der Waals surface area (Å²) in [5.74, 6) is -0.141. The number of aromatic nitrogens is 2. The largest absolute Gasteiger partial charge is 0.508 e. The first-order valence-corrected chi connectivity index (χ1v) is 6.03. The molecule has 1 aromatic carbocycles. The van der Waals surface area contributed by atoms with Crippen molar-refractivity contribution in [3.05, 3.63) is 47.3 Å². The number of phenols is 1. The van der Waals surface area contributed by atoms with E-state index < -0.39 is 0 Å². The Morgan fingerprint density at radius 1 is 1.32 bits per heavy atom. The molecular weight excluding hydrogens is 242 g/mol. The topological polar surface area (TPSA) is 75.1 Å². The number of hydrogen-bond donors (Lipinski definition) is 2. The van der Waals surface area contributed by atoms with Gasteiger partial charge in [-0.2, -0.15) is 10.2 Å². The van der Waals surface area contributed by atoms with Gasteiger partial charge in [0.15, 0.2) is 0 Å². The zero-order valence-electron chi connectivity index (χ0n) is 10.8. The summed E-state index contributed by atoms with van der Waals surface area (Å²) in [4.78, 5) is 12.2. The van der Waals surface area contributed by atoms with Crippen LogP contribution in [0.2, 0.25) is 0 Å². The molecule has 0 aliphatic carbocycles. The molecular formula is C14H15N3O2. The Bertz CT molecular complexity index is 611. The fourth-order valence-corrected chi connectivity index (χ4v) is 1.75. The van der Waals surface area contributed by atoms with Crippen LogP contribution in [0.5, 0.6) is 5.75 Å². The van der Waals surface area contributed by atoms with Gasteiger partial charge in [0.1, 0.15) is 5.75 Å². The van der Waals surface area contributed by atoms with Crippen molar-refractivity contribution in [2.45, 2.75) is 20.3 Å². The third-order valence-electron chi connectivity index (χ3n) is 2.68. The van der Waals surface area contributed by atoms with Gasteiger partial charge in [-0.05, 0) is 31.5 Å². The normalized spacial score (nSPS) is 10.2. The van der Waals surface area contributed by atoms with Crippen LogP contribution in [0.4, 0.5) is 5.69 Å². The van der Waals surface area contributed by atoms with E-state index in [-0.39, 0.29) is 11.7 Å². The van der Waals surface area contributed by atoms with Crippen LogP contribution in [0.25, 0.3) is 0 Å². The Morgan fingerprint density at radius 3 is 2.79 bits per heavy atom. The maximum absolute atomic E-state index is 12.2. The van der Waals surface area contributed by atoms with Gasteiger partial charge in [-0.15, -0.1) is 0 Å². The Morgan fingerprint density at radius 2 is 2.11 bits per heavy atom. The highest BCUT2D eigenvalue weighted by atomic mass is 16.3. The number of carbonyl (C=O) groups excluding carboxylic acids is 1. The molecule has 0 aliphatic rings. The molecule has 2 N–H and O–H groups in total. The van der Waals surface area contributed by atoms with Crippen LogP contribution in [0, 0.1) is 6.92 Å². The monoisotopic (exact) mass is 257 g/mol. The first-order valence-electron chi connectivity index (χ1n) is 6.03. The number of anilines is 1. The third kappa shape index (κ3) is 3.07. The van der Waals surface area contributed by atoms with Crippen LogP contribution in [0.15, 0.2) is 30.3 Å². The van der Waals surface area contributed by atoms with Crippen LogP contribution in [0.3, 0.4) is 0 Å². The van der Waals surface area contributed by atoms with Crippen molar-refractivity contribution in [3.63, 3.8) is 0 Å². The molecule has 0 fully saturated rings. The summed E-state index contributed by atoms with van der Waals surface area (Å²) in [5, 5.41) is 20.1. The minimum atomic E-state index is -0.250. The maximum Gasteiger partial charge on any atom is 0.257 e. The number of amides is 1. The molecule has 0 bridgehead atoms. The van der Waals surface area contributed by atoms with Gasteiger partial charge in [0.25, 0.3) is 5.91 Å². The van der Waals surface area contributed by atoms with E-state index in [2.05, 4.69) is 15.5 Å². The lowest BCUT2D eigenvalue weighted by molar-refractivity contribution is 0.102. The van der Waals surface area contributed by atoms with E-state index >= 15 is 0 Å². The van der Waals surface area contributed by atoms with E-state index in [4.69, 9.17) is 0 Å². The molecule has 1 heterocycles. The van der Waals surface area contributed by atoms with Crippen LogP contribution in [-0.2, 0) is 6.42 Å². The smallest absolute Gasteiger partial charge is 0.257 e. The Kier molecular flexibility index (Phi) is 3.75. The summed E-state index contributed by atoms with van der Waals surface area (Å²) in [7, 11) is 0. The Labute approximate surface area is 111 Å². The highest BCUT2D eigenvalue weighted by molar-refractivity contribution is 6.05. The van der Waals surface area contributed by atoms with Gasteiger partial charge >= 0.3 is 0 Å². The Hall–Kier alpha value is -2.43. The molecule has 0 saturated carbocycles. The summed E-state index contributed by atoms with van der Waals surface area (Å²) in [6, 6.07) is 8.13. The van der Waals surface area contributed by atoms with Crippen molar-refractivity contribution < 1.29 is 9.90 Å². The second-order valence-corrected chi connectivity index (χ2v) is 4.20. The summed E-state index contributed by atoms with van der Waals surface area (Å²) in [6.45, 7) is 3.71. The minimum Gasteiger partial charge on any atom is -0.508 e. The number of aryl methyl sites for hydroxylation is 2. The molecule has 1 aromatic heterocycles. The fourth-order valence-electron chi connectivity index (χ4n) is 1.75. The van der Waals surface area contributed by atoms with E-state index in [0.29, 0.717) is 29.1 Å². The zero-order chi connectivity index (χ0) is 13.8. The highest BCUT2D eigenvalue weighted by Gasteiger charge is 2.13. The van der Waals surface area contributed by atoms with E-state index in [1.807, 2.05) is 6.92 Å². The summed E-state index contributed by atoms with van der Waals surface area (Å²) >= 11 is 0. The predicted octanol–water partition coefficient (Wildman–Crippen LogP) is 2.31. The second-order valence-electron chi connectivity index (χ2n) is 4.20. The molecule has 0 unspecified atom stereocenters. The molecule has 0 spiro atoms. The second kappa shape index (κ2) is 5.48. The number of hydrogen-bond acceptors (Lipinski definition) is 4. The van der Waals surface area contributed by atoms with Gasteiger partial charge < -0.3 is 10.4 Å². The van der Waals surface area contributed by atoms with Gasteiger partial charge in [0, 0.05) is 11.8 Å². The van der Waals surface area contributed by atoms with Crippen LogP contribution < -0.4 is 5.32 Å². The zero-order valence-corrected chi connectivity index (χ0v) is 10.8. The molecule has 0 atom stereocenters. The van der Waals surface area contributed by atoms with Crippen LogP contribution in [0.1, 0.15) is 28.7 Å². The number of carbonyl (C=O) groups is 1. The predicted molar refractivity (Wildman–Crippen MR) is 72.2 cm³/mol. The molecule has 0 aliphatic heterocycles. The van der Waals surface area contributed by atoms with Crippen molar-refractivity contribution in [1.29, 1.82) is 0 Å². The number of phenolic OH excluding ortho intramolecular Hbond substituents is 1. The quantitative estimate of drug-likeness (QED) is 0.884. The first kappa shape index (κ1) is 13.0. The summed E-state index contributed by atoms with van der Waals surface area (Å²) in [5.41, 5.74) is 2.40. The molecule has 2 aromatic rings. The first-order chi connectivity index (χ1) is 9.10. The lowest BCUT2D eigenvalue weighted by Gasteiger charge is -2.08. The fraction of sp³-hybridized carbons (Fsp3) is 0.214. The van der Waals surface area contributed by atoms with Crippen molar-refractivity contribution in [2.24, 2.45) is 0 Å². The van der Waals surface area contributed by atoms with Gasteiger partial charge in [0.2, 0.25) is 0 Å². The van der Waals surface area contributed by atoms with E-state index in [1.165, 1.54) is 6.07 Å². The molecule has 5 heteroatoms. The van der Waals surface area contributed by atoms with Gasteiger partial charge in [-0.25, -0.2) is 0 Å². The van der Waals surface area contributed by atoms with Crippen molar-refractivity contribution in [2.75, 3.05) is 5.32 Å². The number of aromatic hydroxyl groups is 1. The van der Waals surface area contributed by atoms with Crippen LogP contribution >= 0.6 is 0 Å². The standard InChI is InChI=1S/C14H15N3O2/c1-3-13-12(7-9(2)16-17-13)14(19)15-10-5-4-6-11(18)8-10/h4-8,18H,3H2,1-2H3,(H,15,19). The van der Waals surface area contributed by atoms with Crippen molar-refractivity contribution >= 4 is 11.6 Å². The summed E-state index contributed by atoms with van der Waals surface area (Å²) in [6.07, 6.45) is 0.635. The number of benzene rings is 1. The third-order valence-corrected chi connectivity index (χ3v) is 2.68. The number of rotatable bonds is 3. The van der Waals surface area contributed by atoms with Gasteiger partial charge in [-0.1, -0.05) is 13.0 Å². The van der Waals surface area contributed by atoms with E-state index in [1.54, 1.807) is 31.2 Å². The van der Waals surface area contributed by atoms with Crippen molar-refractivity contribution in [1.82, 2.24) is 10.2 Å². The maximum atomic E-state index is 12.2. The average molecular weight is 257 g/mol. The molecule has 0 saturated heterocycles. The van der Waals surface area contributed by atoms with E-state index in [9.17, 15) is 9.90 Å². The molecule has 1 amide bonds. The molecule has 19 heavy (non-hydrogen) atoms. The van der Waals surface area contributed by atoms with Gasteiger partial charge in [-0.3, -0.25) is 4.79 Å². The molecule has 5 nitrogen and oxygen atoms in total. The van der Waals surface area contributed by atoms with Gasteiger partial charge in [0.05, 0.1) is 17.0 Å². The molecule has 0 radical (unpaired) electrons. The summed E-state index contributed by atoms with van der Waals surface area (Å²) < 4.78 is 0. The number of nitrogens with zero attached hydrogens (tertiary/aromatic N) is 2.